The van der Waals surface area contributed by atoms with Gasteiger partial charge in [-0.2, -0.15) is 5.10 Å². The number of rotatable bonds is 5. The van der Waals surface area contributed by atoms with Crippen molar-refractivity contribution in [3.63, 3.8) is 0 Å². The molecular weight excluding hydrogens is 290 g/mol. The number of aromatic nitrogens is 2. The Morgan fingerprint density at radius 3 is 2.70 bits per heavy atom. The van der Waals surface area contributed by atoms with E-state index in [-0.39, 0.29) is 17.4 Å². The van der Waals surface area contributed by atoms with Gasteiger partial charge >= 0.3 is 0 Å². The molecule has 2 fully saturated rings. The summed E-state index contributed by atoms with van der Waals surface area (Å²) in [4.78, 5) is 12.5. The second kappa shape index (κ2) is 6.63. The lowest BCUT2D eigenvalue weighted by molar-refractivity contribution is -0.156. The maximum Gasteiger partial charge on any atom is 0.224 e. The topological polar surface area (TPSA) is 67.0 Å². The summed E-state index contributed by atoms with van der Waals surface area (Å²) in [6.45, 7) is 6.75. The maximum atomic E-state index is 12.5. The summed E-state index contributed by atoms with van der Waals surface area (Å²) in [6, 6.07) is 0.277. The zero-order valence-electron chi connectivity index (χ0n) is 14.6. The van der Waals surface area contributed by atoms with Crippen LogP contribution in [0.5, 0.6) is 0 Å². The molecule has 0 aromatic carbocycles. The molecule has 2 aliphatic rings. The van der Waals surface area contributed by atoms with Gasteiger partial charge < -0.3 is 10.1 Å². The van der Waals surface area contributed by atoms with Crippen molar-refractivity contribution in [1.82, 2.24) is 15.5 Å². The highest BCUT2D eigenvalue weighted by Crippen LogP contribution is 2.53. The molecule has 2 N–H and O–H groups in total. The Bertz CT molecular complexity index is 541. The Hall–Kier alpha value is -1.36. The lowest BCUT2D eigenvalue weighted by atomic mass is 9.55. The largest absolute Gasteiger partial charge is 0.378 e. The third kappa shape index (κ3) is 3.03. The fourth-order valence-corrected chi connectivity index (χ4v) is 4.51. The van der Waals surface area contributed by atoms with Crippen molar-refractivity contribution in [3.05, 3.63) is 17.0 Å². The molecule has 23 heavy (non-hydrogen) atoms. The van der Waals surface area contributed by atoms with Gasteiger partial charge in [0.2, 0.25) is 5.91 Å². The third-order valence-electron chi connectivity index (χ3n) is 5.89. The van der Waals surface area contributed by atoms with Gasteiger partial charge in [0.25, 0.3) is 0 Å². The van der Waals surface area contributed by atoms with Gasteiger partial charge in [-0.25, -0.2) is 0 Å². The van der Waals surface area contributed by atoms with E-state index >= 15 is 0 Å². The molecule has 0 aliphatic heterocycles. The van der Waals surface area contributed by atoms with E-state index in [4.69, 9.17) is 4.74 Å². The summed E-state index contributed by atoms with van der Waals surface area (Å²) in [5.41, 5.74) is 3.13. The van der Waals surface area contributed by atoms with E-state index in [2.05, 4.69) is 22.4 Å². The highest BCUT2D eigenvalue weighted by atomic mass is 16.5. The van der Waals surface area contributed by atoms with E-state index in [1.807, 2.05) is 13.8 Å². The van der Waals surface area contributed by atoms with Gasteiger partial charge in [-0.1, -0.05) is 19.3 Å². The second-order valence-corrected chi connectivity index (χ2v) is 7.18. The van der Waals surface area contributed by atoms with E-state index in [0.717, 1.165) is 30.0 Å². The number of amides is 1. The van der Waals surface area contributed by atoms with Gasteiger partial charge in [0, 0.05) is 29.3 Å². The number of carbonyl (C=O) groups is 1. The minimum absolute atomic E-state index is 0.113. The number of H-pyrrole nitrogens is 1. The maximum absolute atomic E-state index is 12.5. The average Bonchev–Trinajstić information content (AvgIpc) is 2.86. The number of carbonyl (C=O) groups excluding carboxylic acids is 1. The second-order valence-electron chi connectivity index (χ2n) is 7.18. The van der Waals surface area contributed by atoms with Crippen molar-refractivity contribution in [2.75, 3.05) is 6.61 Å². The minimum Gasteiger partial charge on any atom is -0.378 e. The lowest BCUT2D eigenvalue weighted by Gasteiger charge is -2.57. The van der Waals surface area contributed by atoms with E-state index in [0.29, 0.717) is 12.5 Å². The van der Waals surface area contributed by atoms with Crippen LogP contribution in [0.4, 0.5) is 0 Å². The summed E-state index contributed by atoms with van der Waals surface area (Å²) in [7, 11) is 0. The number of hydrogen-bond acceptors (Lipinski definition) is 3. The Balaban J connectivity index is 1.64. The van der Waals surface area contributed by atoms with E-state index in [1.54, 1.807) is 0 Å². The fourth-order valence-electron chi connectivity index (χ4n) is 4.51. The molecule has 128 valence electrons. The highest BCUT2D eigenvalue weighted by Gasteiger charge is 2.56. The van der Waals surface area contributed by atoms with Crippen LogP contribution in [-0.2, 0) is 16.0 Å². The van der Waals surface area contributed by atoms with Crippen molar-refractivity contribution in [3.8, 4) is 0 Å². The molecule has 2 saturated carbocycles. The van der Waals surface area contributed by atoms with Crippen LogP contribution in [0.15, 0.2) is 0 Å². The molecule has 1 amide bonds. The van der Waals surface area contributed by atoms with Crippen LogP contribution in [0, 0.1) is 19.3 Å². The van der Waals surface area contributed by atoms with Crippen LogP contribution in [0.2, 0.25) is 0 Å². The molecule has 0 saturated heterocycles. The molecule has 1 aromatic heterocycles. The summed E-state index contributed by atoms with van der Waals surface area (Å²) < 4.78 is 5.96. The number of nitrogens with zero attached hydrogens (tertiary/aromatic N) is 1. The Morgan fingerprint density at radius 1 is 1.35 bits per heavy atom. The van der Waals surface area contributed by atoms with Gasteiger partial charge in [0.1, 0.15) is 0 Å². The number of hydrogen-bond donors (Lipinski definition) is 2. The van der Waals surface area contributed by atoms with Crippen LogP contribution in [0.25, 0.3) is 0 Å². The first-order chi connectivity index (χ1) is 11.1. The van der Waals surface area contributed by atoms with Crippen LogP contribution < -0.4 is 5.32 Å². The SMILES string of the molecule is CCO[C@H]1C[C@H](NC(=O)Cc2c(C)n[nH]c2C)C12CCCCC2. The first-order valence-corrected chi connectivity index (χ1v) is 8.98. The Kier molecular flexibility index (Phi) is 4.76. The minimum atomic E-state index is 0.113. The molecule has 3 rings (SSSR count). The summed E-state index contributed by atoms with van der Waals surface area (Å²) in [6.07, 6.45) is 7.91. The molecular formula is C18H29N3O2. The number of nitrogens with one attached hydrogen (secondary N) is 2. The van der Waals surface area contributed by atoms with Gasteiger partial charge in [0.15, 0.2) is 0 Å². The van der Waals surface area contributed by atoms with E-state index in [1.165, 1.54) is 32.1 Å². The predicted octanol–water partition coefficient (Wildman–Crippen LogP) is 2.81. The van der Waals surface area contributed by atoms with Crippen molar-refractivity contribution < 1.29 is 9.53 Å². The third-order valence-corrected chi connectivity index (χ3v) is 5.89. The quantitative estimate of drug-likeness (QED) is 0.877. The zero-order valence-corrected chi connectivity index (χ0v) is 14.6. The molecule has 5 nitrogen and oxygen atoms in total. The molecule has 1 spiro atoms. The average molecular weight is 319 g/mol. The smallest absolute Gasteiger partial charge is 0.224 e. The summed E-state index contributed by atoms with van der Waals surface area (Å²) in [5.74, 6) is 0.113. The predicted molar refractivity (Wildman–Crippen MR) is 89.2 cm³/mol. The van der Waals surface area contributed by atoms with Gasteiger partial charge in [0.05, 0.1) is 18.2 Å². The Labute approximate surface area is 138 Å². The molecule has 1 heterocycles. The van der Waals surface area contributed by atoms with Crippen molar-refractivity contribution in [2.24, 2.45) is 5.41 Å². The fraction of sp³-hybridized carbons (Fsp3) is 0.778. The first kappa shape index (κ1) is 16.5. The van der Waals surface area contributed by atoms with Crippen molar-refractivity contribution >= 4 is 5.91 Å². The summed E-state index contributed by atoms with van der Waals surface area (Å²) >= 11 is 0. The monoisotopic (exact) mass is 319 g/mol. The standard InChI is InChI=1S/C18H29N3O2/c1-4-23-16-11-15(18(16)8-6-5-7-9-18)19-17(22)10-14-12(2)20-21-13(14)3/h15-16H,4-11H2,1-3H3,(H,19,22)(H,20,21)/t15-,16-/m0/s1. The zero-order chi connectivity index (χ0) is 16.4. The van der Waals surface area contributed by atoms with E-state index < -0.39 is 0 Å². The first-order valence-electron chi connectivity index (χ1n) is 8.98. The van der Waals surface area contributed by atoms with Crippen molar-refractivity contribution in [1.29, 1.82) is 0 Å². The molecule has 0 bridgehead atoms. The number of aromatic amines is 1. The Morgan fingerprint density at radius 2 is 2.09 bits per heavy atom. The highest BCUT2D eigenvalue weighted by molar-refractivity contribution is 5.79. The van der Waals surface area contributed by atoms with Crippen LogP contribution in [-0.4, -0.2) is 34.9 Å². The molecule has 5 heteroatoms. The number of aryl methyl sites for hydroxylation is 2. The number of ether oxygens (including phenoxy) is 1. The van der Waals surface area contributed by atoms with Crippen LogP contribution in [0.3, 0.4) is 0 Å². The van der Waals surface area contributed by atoms with E-state index in [9.17, 15) is 4.79 Å². The molecule has 0 unspecified atom stereocenters. The van der Waals surface area contributed by atoms with Crippen LogP contribution in [0.1, 0.15) is 62.4 Å². The summed E-state index contributed by atoms with van der Waals surface area (Å²) in [5, 5.41) is 10.4. The van der Waals surface area contributed by atoms with Gasteiger partial charge in [-0.15, -0.1) is 0 Å². The van der Waals surface area contributed by atoms with Crippen molar-refractivity contribution in [2.45, 2.75) is 77.9 Å². The molecule has 1 aromatic rings. The van der Waals surface area contributed by atoms with Gasteiger partial charge in [-0.05, 0) is 40.0 Å². The molecule has 0 radical (unpaired) electrons. The van der Waals surface area contributed by atoms with Crippen LogP contribution >= 0.6 is 0 Å². The normalized spacial score (nSPS) is 26.0. The molecule has 2 aliphatic carbocycles. The lowest BCUT2D eigenvalue weighted by Crippen LogP contribution is -2.65. The molecule has 2 atom stereocenters. The van der Waals surface area contributed by atoms with Gasteiger partial charge in [-0.3, -0.25) is 9.89 Å².